The van der Waals surface area contributed by atoms with Gasteiger partial charge in [0.2, 0.25) is 0 Å². The molecule has 1 aromatic rings. The molecule has 0 bridgehead atoms. The predicted octanol–water partition coefficient (Wildman–Crippen LogP) is 2.86. The van der Waals surface area contributed by atoms with Gasteiger partial charge in [0, 0.05) is 18.2 Å². The van der Waals surface area contributed by atoms with Gasteiger partial charge in [0.25, 0.3) is 0 Å². The van der Waals surface area contributed by atoms with E-state index in [-0.39, 0.29) is 5.78 Å². The van der Waals surface area contributed by atoms with E-state index in [0.717, 1.165) is 5.01 Å². The van der Waals surface area contributed by atoms with Gasteiger partial charge in [-0.1, -0.05) is 13.8 Å². The second-order valence-electron chi connectivity index (χ2n) is 4.37. The zero-order valence-corrected chi connectivity index (χ0v) is 8.94. The minimum Gasteiger partial charge on any atom is -0.293 e. The van der Waals surface area contributed by atoms with Crippen molar-refractivity contribution in [3.63, 3.8) is 0 Å². The highest BCUT2D eigenvalue weighted by Crippen LogP contribution is 2.59. The Kier molecular flexibility index (Phi) is 1.80. The average Bonchev–Trinajstić information content (AvgIpc) is 2.50. The highest BCUT2D eigenvalue weighted by Gasteiger charge is 2.48. The standard InChI is InChI=1S/C10H13NOS/c1-6(12)8-5-13-9(11-8)7-4-10(7,2)3/h5,7H,4H2,1-3H3. The molecule has 13 heavy (non-hydrogen) atoms. The number of ketones is 1. The summed E-state index contributed by atoms with van der Waals surface area (Å²) in [4.78, 5) is 15.3. The lowest BCUT2D eigenvalue weighted by Gasteiger charge is -1.97. The molecule has 0 spiro atoms. The highest BCUT2D eigenvalue weighted by atomic mass is 32.1. The second-order valence-corrected chi connectivity index (χ2v) is 5.26. The first-order valence-corrected chi connectivity index (χ1v) is 5.35. The van der Waals surface area contributed by atoms with Gasteiger partial charge in [0.1, 0.15) is 5.69 Å². The molecule has 0 aromatic carbocycles. The van der Waals surface area contributed by atoms with Crippen LogP contribution in [-0.2, 0) is 0 Å². The molecule has 2 rings (SSSR count). The molecule has 1 heterocycles. The van der Waals surface area contributed by atoms with Crippen molar-refractivity contribution in [2.24, 2.45) is 5.41 Å². The van der Waals surface area contributed by atoms with Gasteiger partial charge < -0.3 is 0 Å². The molecule has 1 atom stereocenters. The molecule has 1 aliphatic carbocycles. The molecule has 0 N–H and O–H groups in total. The summed E-state index contributed by atoms with van der Waals surface area (Å²) in [5.74, 6) is 0.659. The monoisotopic (exact) mass is 195 g/mol. The highest BCUT2D eigenvalue weighted by molar-refractivity contribution is 7.10. The quantitative estimate of drug-likeness (QED) is 0.679. The van der Waals surface area contributed by atoms with Gasteiger partial charge in [-0.3, -0.25) is 4.79 Å². The maximum atomic E-state index is 11.0. The molecule has 70 valence electrons. The Morgan fingerprint density at radius 2 is 2.31 bits per heavy atom. The Labute approximate surface area is 82.0 Å². The number of nitrogens with zero attached hydrogens (tertiary/aromatic N) is 1. The van der Waals surface area contributed by atoms with Crippen LogP contribution in [0.25, 0.3) is 0 Å². The van der Waals surface area contributed by atoms with E-state index in [1.54, 1.807) is 18.3 Å². The van der Waals surface area contributed by atoms with Crippen LogP contribution in [0.3, 0.4) is 0 Å². The normalized spacial score (nSPS) is 24.4. The molecule has 0 aliphatic heterocycles. The van der Waals surface area contributed by atoms with Crippen LogP contribution in [0.5, 0.6) is 0 Å². The third kappa shape index (κ3) is 1.53. The third-order valence-corrected chi connectivity index (χ3v) is 3.65. The first-order valence-electron chi connectivity index (χ1n) is 4.47. The number of hydrogen-bond acceptors (Lipinski definition) is 3. The van der Waals surface area contributed by atoms with Crippen LogP contribution in [0.1, 0.15) is 48.6 Å². The van der Waals surface area contributed by atoms with Crippen LogP contribution in [0.2, 0.25) is 0 Å². The summed E-state index contributed by atoms with van der Waals surface area (Å²) in [5, 5.41) is 3.00. The van der Waals surface area contributed by atoms with Crippen molar-refractivity contribution in [1.82, 2.24) is 4.98 Å². The van der Waals surface area contributed by atoms with E-state index >= 15 is 0 Å². The summed E-state index contributed by atoms with van der Waals surface area (Å²) in [7, 11) is 0. The summed E-state index contributed by atoms with van der Waals surface area (Å²) in [6.07, 6.45) is 1.21. The Morgan fingerprint density at radius 1 is 1.69 bits per heavy atom. The first kappa shape index (κ1) is 8.88. The number of aromatic nitrogens is 1. The molecule has 0 radical (unpaired) electrons. The van der Waals surface area contributed by atoms with E-state index in [9.17, 15) is 4.79 Å². The van der Waals surface area contributed by atoms with E-state index in [2.05, 4.69) is 18.8 Å². The molecule has 1 aromatic heterocycles. The van der Waals surface area contributed by atoms with Gasteiger partial charge >= 0.3 is 0 Å². The summed E-state index contributed by atoms with van der Waals surface area (Å²) in [6, 6.07) is 0. The van der Waals surface area contributed by atoms with Gasteiger partial charge in [0.15, 0.2) is 5.78 Å². The molecule has 1 aliphatic rings. The zero-order valence-electron chi connectivity index (χ0n) is 8.13. The van der Waals surface area contributed by atoms with E-state index in [1.165, 1.54) is 6.42 Å². The molecule has 0 amide bonds. The van der Waals surface area contributed by atoms with Crippen LogP contribution in [0, 0.1) is 5.41 Å². The molecular formula is C10H13NOS. The maximum absolute atomic E-state index is 11.0. The van der Waals surface area contributed by atoms with Crippen molar-refractivity contribution in [3.05, 3.63) is 16.1 Å². The van der Waals surface area contributed by atoms with Crippen LogP contribution in [-0.4, -0.2) is 10.8 Å². The van der Waals surface area contributed by atoms with Crippen molar-refractivity contribution in [3.8, 4) is 0 Å². The minimum absolute atomic E-state index is 0.0703. The van der Waals surface area contributed by atoms with Crippen molar-refractivity contribution in [2.45, 2.75) is 33.1 Å². The molecule has 1 fully saturated rings. The van der Waals surface area contributed by atoms with Crippen LogP contribution < -0.4 is 0 Å². The van der Waals surface area contributed by atoms with E-state index in [1.807, 2.05) is 5.38 Å². The topological polar surface area (TPSA) is 30.0 Å². The number of hydrogen-bond donors (Lipinski definition) is 0. The third-order valence-electron chi connectivity index (χ3n) is 2.69. The molecule has 2 nitrogen and oxygen atoms in total. The molecule has 1 saturated carbocycles. The Balaban J connectivity index is 2.20. The number of Topliss-reactive ketones (excluding diaryl/α,β-unsaturated/α-hetero) is 1. The van der Waals surface area contributed by atoms with Crippen molar-refractivity contribution < 1.29 is 4.79 Å². The van der Waals surface area contributed by atoms with E-state index < -0.39 is 0 Å². The lowest BCUT2D eigenvalue weighted by molar-refractivity contribution is 0.101. The summed E-state index contributed by atoms with van der Waals surface area (Å²) in [5.41, 5.74) is 1.04. The van der Waals surface area contributed by atoms with Crippen molar-refractivity contribution >= 4 is 17.1 Å². The molecule has 1 unspecified atom stereocenters. The average molecular weight is 195 g/mol. The first-order chi connectivity index (χ1) is 6.00. The molecule has 0 saturated heterocycles. The van der Waals surface area contributed by atoms with Crippen molar-refractivity contribution in [2.75, 3.05) is 0 Å². The lowest BCUT2D eigenvalue weighted by Crippen LogP contribution is -1.94. The van der Waals surface area contributed by atoms with Crippen molar-refractivity contribution in [1.29, 1.82) is 0 Å². The lowest BCUT2D eigenvalue weighted by atomic mass is 10.1. The smallest absolute Gasteiger partial charge is 0.178 e. The summed E-state index contributed by atoms with van der Waals surface area (Å²) in [6.45, 7) is 6.05. The number of rotatable bonds is 2. The van der Waals surface area contributed by atoms with Crippen LogP contribution >= 0.6 is 11.3 Å². The van der Waals surface area contributed by atoms with E-state index in [4.69, 9.17) is 0 Å². The molecular weight excluding hydrogens is 182 g/mol. The Hall–Kier alpha value is -0.700. The largest absolute Gasteiger partial charge is 0.293 e. The van der Waals surface area contributed by atoms with Gasteiger partial charge in [-0.05, 0) is 11.8 Å². The fourth-order valence-electron chi connectivity index (χ4n) is 1.50. The predicted molar refractivity (Wildman–Crippen MR) is 53.3 cm³/mol. The van der Waals surface area contributed by atoms with Crippen LogP contribution in [0.15, 0.2) is 5.38 Å². The van der Waals surface area contributed by atoms with E-state index in [0.29, 0.717) is 17.0 Å². The fraction of sp³-hybridized carbons (Fsp3) is 0.600. The maximum Gasteiger partial charge on any atom is 0.178 e. The van der Waals surface area contributed by atoms with Gasteiger partial charge in [-0.25, -0.2) is 4.98 Å². The SMILES string of the molecule is CC(=O)c1csc(C2CC2(C)C)n1. The number of carbonyl (C=O) groups is 1. The Morgan fingerprint density at radius 3 is 2.69 bits per heavy atom. The van der Waals surface area contributed by atoms with Gasteiger partial charge in [-0.2, -0.15) is 0 Å². The second kappa shape index (κ2) is 2.64. The van der Waals surface area contributed by atoms with Gasteiger partial charge in [0.05, 0.1) is 5.01 Å². The minimum atomic E-state index is 0.0703. The van der Waals surface area contributed by atoms with Gasteiger partial charge in [-0.15, -0.1) is 11.3 Å². The summed E-state index contributed by atoms with van der Waals surface area (Å²) < 4.78 is 0. The Bertz CT molecular complexity index is 354. The molecule has 3 heteroatoms. The zero-order chi connectivity index (χ0) is 9.64. The number of thiazole rings is 1. The van der Waals surface area contributed by atoms with Crippen LogP contribution in [0.4, 0.5) is 0 Å². The fourth-order valence-corrected chi connectivity index (χ4v) is 2.67. The number of carbonyl (C=O) groups excluding carboxylic acids is 1. The summed E-state index contributed by atoms with van der Waals surface area (Å²) >= 11 is 1.62.